The van der Waals surface area contributed by atoms with Crippen LogP contribution in [0.3, 0.4) is 0 Å². The summed E-state index contributed by atoms with van der Waals surface area (Å²) in [4.78, 5) is 29.3. The highest BCUT2D eigenvalue weighted by molar-refractivity contribution is 6.35. The summed E-state index contributed by atoms with van der Waals surface area (Å²) in [5.41, 5.74) is 1.46. The molecule has 116 valence electrons. The van der Waals surface area contributed by atoms with Crippen molar-refractivity contribution in [2.45, 2.75) is 13.0 Å². The average molecular weight is 320 g/mol. The number of benzene rings is 1. The lowest BCUT2D eigenvalue weighted by Crippen LogP contribution is -2.30. The minimum Gasteiger partial charge on any atom is -0.359 e. The molecule has 1 amide bonds. The number of halogens is 1. The van der Waals surface area contributed by atoms with Crippen LogP contribution in [-0.4, -0.2) is 35.9 Å². The molecular weight excluding hydrogens is 302 g/mol. The van der Waals surface area contributed by atoms with Crippen LogP contribution in [0.5, 0.6) is 0 Å². The largest absolute Gasteiger partial charge is 0.359 e. The Bertz CT molecular complexity index is 772. The molecule has 1 saturated heterocycles. The van der Waals surface area contributed by atoms with Crippen LogP contribution in [0.25, 0.3) is 10.9 Å². The monoisotopic (exact) mass is 319 g/mol. The fraction of sp³-hybridized carbons (Fsp3) is 0.375. The molecule has 2 N–H and O–H groups in total. The molecule has 1 aliphatic rings. The Morgan fingerprint density at radius 3 is 3.09 bits per heavy atom. The maximum atomic E-state index is 12.2. The van der Waals surface area contributed by atoms with Gasteiger partial charge in [-0.15, -0.1) is 0 Å². The number of nitrogens with zero attached hydrogens (tertiary/aromatic N) is 1. The quantitative estimate of drug-likeness (QED) is 0.906. The van der Waals surface area contributed by atoms with Crippen LogP contribution in [-0.2, 0) is 11.3 Å². The highest BCUT2D eigenvalue weighted by Crippen LogP contribution is 2.21. The van der Waals surface area contributed by atoms with Gasteiger partial charge in [-0.1, -0.05) is 17.7 Å². The normalized spacial score (nSPS) is 18.7. The SMILES string of the molecule is CNC(=O)C1CCN(Cc2cc(=O)c3cccc(Cl)c3[nH]2)C1. The van der Waals surface area contributed by atoms with Gasteiger partial charge < -0.3 is 10.3 Å². The predicted octanol–water partition coefficient (Wildman–Crippen LogP) is 1.75. The van der Waals surface area contributed by atoms with Crippen molar-refractivity contribution in [3.05, 3.63) is 45.2 Å². The molecule has 0 spiro atoms. The number of para-hydroxylation sites is 1. The lowest BCUT2D eigenvalue weighted by Gasteiger charge is -2.16. The highest BCUT2D eigenvalue weighted by Gasteiger charge is 2.27. The number of nitrogens with one attached hydrogen (secondary N) is 2. The number of hydrogen-bond acceptors (Lipinski definition) is 3. The van der Waals surface area contributed by atoms with Crippen molar-refractivity contribution in [3.63, 3.8) is 0 Å². The molecule has 0 saturated carbocycles. The molecule has 1 unspecified atom stereocenters. The van der Waals surface area contributed by atoms with E-state index in [0.29, 0.717) is 29.0 Å². The van der Waals surface area contributed by atoms with Gasteiger partial charge >= 0.3 is 0 Å². The molecule has 1 aromatic carbocycles. The first kappa shape index (κ1) is 15.1. The standard InChI is InChI=1S/C16H18ClN3O2/c1-18-16(22)10-5-6-20(8-10)9-11-7-14(21)12-3-2-4-13(17)15(12)19-11/h2-4,7,10H,5-6,8-9H2,1H3,(H,18,22)(H,19,21). The molecule has 22 heavy (non-hydrogen) atoms. The number of hydrogen-bond donors (Lipinski definition) is 2. The number of carbonyl (C=O) groups excluding carboxylic acids is 1. The molecule has 1 atom stereocenters. The van der Waals surface area contributed by atoms with E-state index in [2.05, 4.69) is 15.2 Å². The minimum absolute atomic E-state index is 0.0285. The predicted molar refractivity (Wildman–Crippen MR) is 87.0 cm³/mol. The number of aromatic nitrogens is 1. The lowest BCUT2D eigenvalue weighted by atomic mass is 10.1. The summed E-state index contributed by atoms with van der Waals surface area (Å²) >= 11 is 6.16. The van der Waals surface area contributed by atoms with Crippen molar-refractivity contribution >= 4 is 28.4 Å². The van der Waals surface area contributed by atoms with E-state index in [4.69, 9.17) is 11.6 Å². The van der Waals surface area contributed by atoms with Crippen LogP contribution >= 0.6 is 11.6 Å². The summed E-state index contributed by atoms with van der Waals surface area (Å²) in [5, 5.41) is 3.83. The molecule has 1 aromatic heterocycles. The van der Waals surface area contributed by atoms with Gasteiger partial charge in [0.1, 0.15) is 0 Å². The van der Waals surface area contributed by atoms with E-state index in [1.165, 1.54) is 0 Å². The number of pyridine rings is 1. The van der Waals surface area contributed by atoms with Crippen molar-refractivity contribution in [3.8, 4) is 0 Å². The van der Waals surface area contributed by atoms with E-state index in [1.54, 1.807) is 31.3 Å². The third kappa shape index (κ3) is 2.87. The molecule has 0 aliphatic carbocycles. The summed E-state index contributed by atoms with van der Waals surface area (Å²) in [5.74, 6) is 0.110. The highest BCUT2D eigenvalue weighted by atomic mass is 35.5. The second-order valence-corrected chi connectivity index (χ2v) is 6.06. The van der Waals surface area contributed by atoms with Gasteiger partial charge in [0, 0.05) is 37.3 Å². The summed E-state index contributed by atoms with van der Waals surface area (Å²) in [6.45, 7) is 2.17. The first-order chi connectivity index (χ1) is 10.6. The molecule has 2 heterocycles. The van der Waals surface area contributed by atoms with E-state index < -0.39 is 0 Å². The number of H-pyrrole nitrogens is 1. The summed E-state index contributed by atoms with van der Waals surface area (Å²) in [6, 6.07) is 6.92. The van der Waals surface area contributed by atoms with Crippen molar-refractivity contribution in [2.75, 3.05) is 20.1 Å². The van der Waals surface area contributed by atoms with E-state index in [9.17, 15) is 9.59 Å². The van der Waals surface area contributed by atoms with Crippen molar-refractivity contribution in [1.82, 2.24) is 15.2 Å². The fourth-order valence-electron chi connectivity index (χ4n) is 3.01. The Hall–Kier alpha value is -1.85. The zero-order valence-electron chi connectivity index (χ0n) is 12.4. The van der Waals surface area contributed by atoms with E-state index in [0.717, 1.165) is 18.7 Å². The Kier molecular flexibility index (Phi) is 4.18. The number of carbonyl (C=O) groups is 1. The van der Waals surface area contributed by atoms with Gasteiger partial charge in [-0.05, 0) is 25.1 Å². The maximum absolute atomic E-state index is 12.2. The Morgan fingerprint density at radius 1 is 1.50 bits per heavy atom. The third-order valence-corrected chi connectivity index (χ3v) is 4.47. The molecule has 5 nitrogen and oxygen atoms in total. The van der Waals surface area contributed by atoms with Crippen molar-refractivity contribution in [1.29, 1.82) is 0 Å². The second-order valence-electron chi connectivity index (χ2n) is 5.66. The smallest absolute Gasteiger partial charge is 0.224 e. The summed E-state index contributed by atoms with van der Waals surface area (Å²) in [7, 11) is 1.66. The van der Waals surface area contributed by atoms with E-state index in [1.807, 2.05) is 0 Å². The topological polar surface area (TPSA) is 65.2 Å². The van der Waals surface area contributed by atoms with Crippen LogP contribution < -0.4 is 10.7 Å². The number of rotatable bonds is 3. The number of fused-ring (bicyclic) bond motifs is 1. The van der Waals surface area contributed by atoms with Crippen LogP contribution in [0.15, 0.2) is 29.1 Å². The van der Waals surface area contributed by atoms with Gasteiger partial charge in [0.05, 0.1) is 16.5 Å². The molecule has 1 aliphatic heterocycles. The zero-order chi connectivity index (χ0) is 15.7. The average Bonchev–Trinajstić information content (AvgIpc) is 2.96. The van der Waals surface area contributed by atoms with Crippen LogP contribution in [0, 0.1) is 5.92 Å². The van der Waals surface area contributed by atoms with Gasteiger partial charge in [-0.25, -0.2) is 0 Å². The second kappa shape index (κ2) is 6.10. The molecule has 0 radical (unpaired) electrons. The number of amides is 1. The van der Waals surface area contributed by atoms with Gasteiger partial charge in [-0.3, -0.25) is 14.5 Å². The lowest BCUT2D eigenvalue weighted by molar-refractivity contribution is -0.124. The van der Waals surface area contributed by atoms with Crippen LogP contribution in [0.4, 0.5) is 0 Å². The third-order valence-electron chi connectivity index (χ3n) is 4.15. The molecule has 0 bridgehead atoms. The first-order valence-corrected chi connectivity index (χ1v) is 7.70. The molecule has 1 fully saturated rings. The van der Waals surface area contributed by atoms with Gasteiger partial charge in [-0.2, -0.15) is 0 Å². The van der Waals surface area contributed by atoms with E-state index >= 15 is 0 Å². The zero-order valence-corrected chi connectivity index (χ0v) is 13.1. The molecule has 2 aromatic rings. The van der Waals surface area contributed by atoms with Gasteiger partial charge in [0.25, 0.3) is 0 Å². The fourth-order valence-corrected chi connectivity index (χ4v) is 3.23. The van der Waals surface area contributed by atoms with Gasteiger partial charge in [0.2, 0.25) is 5.91 Å². The minimum atomic E-state index is -0.0340. The van der Waals surface area contributed by atoms with Crippen LogP contribution in [0.1, 0.15) is 12.1 Å². The van der Waals surface area contributed by atoms with Crippen molar-refractivity contribution < 1.29 is 4.79 Å². The summed E-state index contributed by atoms with van der Waals surface area (Å²) < 4.78 is 0. The Labute approximate surface area is 133 Å². The number of likely N-dealkylation sites (tertiary alicyclic amines) is 1. The Balaban J connectivity index is 1.82. The molecule has 6 heteroatoms. The number of aromatic amines is 1. The van der Waals surface area contributed by atoms with Crippen LogP contribution in [0.2, 0.25) is 5.02 Å². The van der Waals surface area contributed by atoms with Crippen molar-refractivity contribution in [2.24, 2.45) is 5.92 Å². The molecular formula is C16H18ClN3O2. The maximum Gasteiger partial charge on any atom is 0.224 e. The van der Waals surface area contributed by atoms with Gasteiger partial charge in [0.15, 0.2) is 5.43 Å². The molecule has 3 rings (SSSR count). The first-order valence-electron chi connectivity index (χ1n) is 7.33. The summed E-state index contributed by atoms with van der Waals surface area (Å²) in [6.07, 6.45) is 0.845. The van der Waals surface area contributed by atoms with E-state index in [-0.39, 0.29) is 17.3 Å². The Morgan fingerprint density at radius 2 is 2.32 bits per heavy atom.